The predicted octanol–water partition coefficient (Wildman–Crippen LogP) is 2.31. The van der Waals surface area contributed by atoms with Crippen molar-refractivity contribution in [3.8, 4) is 0 Å². The Bertz CT molecular complexity index is 354. The van der Waals surface area contributed by atoms with Crippen molar-refractivity contribution in [2.75, 3.05) is 46.3 Å². The highest BCUT2D eigenvalue weighted by Crippen LogP contribution is 2.43. The van der Waals surface area contributed by atoms with Crippen molar-refractivity contribution >= 4 is 5.96 Å². The summed E-state index contributed by atoms with van der Waals surface area (Å²) in [4.78, 5) is 9.60. The van der Waals surface area contributed by atoms with Gasteiger partial charge in [0.1, 0.15) is 0 Å². The summed E-state index contributed by atoms with van der Waals surface area (Å²) in [5, 5.41) is 3.59. The van der Waals surface area contributed by atoms with E-state index in [2.05, 4.69) is 20.1 Å². The van der Waals surface area contributed by atoms with Gasteiger partial charge in [0.05, 0.1) is 0 Å². The second-order valence-corrected chi connectivity index (χ2v) is 7.25. The summed E-state index contributed by atoms with van der Waals surface area (Å²) in [6, 6.07) is 0. The molecular weight excluding hydrogens is 260 g/mol. The van der Waals surface area contributed by atoms with Gasteiger partial charge in [-0.25, -0.2) is 0 Å². The maximum absolute atomic E-state index is 4.53. The first-order valence-electron chi connectivity index (χ1n) is 8.99. The molecule has 0 unspecified atom stereocenters. The second-order valence-electron chi connectivity index (χ2n) is 7.25. The molecule has 0 radical (unpaired) electrons. The van der Waals surface area contributed by atoms with Crippen LogP contribution < -0.4 is 5.32 Å². The largest absolute Gasteiger partial charge is 0.355 e. The maximum atomic E-state index is 4.53. The molecule has 4 heteroatoms. The average molecular weight is 292 g/mol. The van der Waals surface area contributed by atoms with Crippen molar-refractivity contribution in [1.82, 2.24) is 15.1 Å². The molecule has 2 aliphatic heterocycles. The Morgan fingerprint density at radius 2 is 1.76 bits per heavy atom. The maximum Gasteiger partial charge on any atom is 0.193 e. The van der Waals surface area contributed by atoms with Gasteiger partial charge in [-0.05, 0) is 50.6 Å². The lowest BCUT2D eigenvalue weighted by Gasteiger charge is -2.33. The molecule has 1 saturated carbocycles. The number of rotatable bonds is 3. The Hall–Kier alpha value is -0.770. The third-order valence-electron chi connectivity index (χ3n) is 5.77. The van der Waals surface area contributed by atoms with E-state index in [1.54, 1.807) is 0 Å². The summed E-state index contributed by atoms with van der Waals surface area (Å²) >= 11 is 0. The number of guanidine groups is 1. The molecule has 3 rings (SSSR count). The number of nitrogens with zero attached hydrogens (tertiary/aromatic N) is 3. The van der Waals surface area contributed by atoms with Crippen LogP contribution in [-0.4, -0.2) is 62.1 Å². The van der Waals surface area contributed by atoms with Crippen molar-refractivity contribution in [2.45, 2.75) is 51.4 Å². The van der Waals surface area contributed by atoms with Crippen molar-refractivity contribution < 1.29 is 0 Å². The van der Waals surface area contributed by atoms with Gasteiger partial charge < -0.3 is 15.1 Å². The smallest absolute Gasteiger partial charge is 0.193 e. The van der Waals surface area contributed by atoms with Gasteiger partial charge in [-0.15, -0.1) is 0 Å². The van der Waals surface area contributed by atoms with Crippen LogP contribution in [0.5, 0.6) is 0 Å². The Labute approximate surface area is 130 Å². The molecule has 120 valence electrons. The van der Waals surface area contributed by atoms with Gasteiger partial charge in [0.15, 0.2) is 5.96 Å². The summed E-state index contributed by atoms with van der Waals surface area (Å²) in [6.45, 7) is 7.20. The third kappa shape index (κ3) is 3.71. The van der Waals surface area contributed by atoms with Gasteiger partial charge in [0, 0.05) is 33.2 Å². The molecule has 21 heavy (non-hydrogen) atoms. The molecule has 1 N–H and O–H groups in total. The van der Waals surface area contributed by atoms with Gasteiger partial charge in [-0.1, -0.05) is 19.3 Å². The van der Waals surface area contributed by atoms with Crippen LogP contribution in [0, 0.1) is 5.41 Å². The molecule has 0 aromatic heterocycles. The van der Waals surface area contributed by atoms with Crippen LogP contribution in [-0.2, 0) is 0 Å². The molecule has 4 nitrogen and oxygen atoms in total. The minimum atomic E-state index is 0.616. The van der Waals surface area contributed by atoms with Gasteiger partial charge in [-0.2, -0.15) is 0 Å². The lowest BCUT2D eigenvalue weighted by Crippen LogP contribution is -2.44. The van der Waals surface area contributed by atoms with E-state index in [9.17, 15) is 0 Å². The lowest BCUT2D eigenvalue weighted by molar-refractivity contribution is 0.203. The van der Waals surface area contributed by atoms with Crippen molar-refractivity contribution in [1.29, 1.82) is 0 Å². The minimum absolute atomic E-state index is 0.616. The van der Waals surface area contributed by atoms with Crippen LogP contribution in [0.3, 0.4) is 0 Å². The zero-order valence-electron chi connectivity index (χ0n) is 13.7. The number of nitrogens with one attached hydrogen (secondary N) is 1. The fourth-order valence-corrected chi connectivity index (χ4v) is 4.49. The van der Waals surface area contributed by atoms with Crippen LogP contribution in [0.15, 0.2) is 4.99 Å². The molecule has 0 aromatic rings. The normalized spacial score (nSPS) is 26.7. The molecule has 2 saturated heterocycles. The van der Waals surface area contributed by atoms with Crippen molar-refractivity contribution in [2.24, 2.45) is 10.4 Å². The van der Waals surface area contributed by atoms with E-state index in [1.807, 2.05) is 7.05 Å². The predicted molar refractivity (Wildman–Crippen MR) is 88.7 cm³/mol. The molecule has 3 fully saturated rings. The zero-order valence-corrected chi connectivity index (χ0v) is 13.7. The van der Waals surface area contributed by atoms with Gasteiger partial charge in [0.2, 0.25) is 0 Å². The second kappa shape index (κ2) is 6.99. The quantitative estimate of drug-likeness (QED) is 0.640. The molecule has 0 atom stereocenters. The molecule has 3 aliphatic rings. The monoisotopic (exact) mass is 292 g/mol. The minimum Gasteiger partial charge on any atom is -0.355 e. The van der Waals surface area contributed by atoms with E-state index in [0.29, 0.717) is 5.41 Å². The third-order valence-corrected chi connectivity index (χ3v) is 5.77. The van der Waals surface area contributed by atoms with E-state index in [4.69, 9.17) is 0 Å². The summed E-state index contributed by atoms with van der Waals surface area (Å²) in [7, 11) is 1.93. The highest BCUT2D eigenvalue weighted by molar-refractivity contribution is 5.80. The topological polar surface area (TPSA) is 30.9 Å². The van der Waals surface area contributed by atoms with E-state index in [-0.39, 0.29) is 0 Å². The SMILES string of the molecule is CN=C(NCCN1CCCC1)N1CCC2(CCCCC2)C1. The highest BCUT2D eigenvalue weighted by atomic mass is 15.3. The van der Waals surface area contributed by atoms with Crippen LogP contribution >= 0.6 is 0 Å². The van der Waals surface area contributed by atoms with Crippen LogP contribution in [0.2, 0.25) is 0 Å². The fourth-order valence-electron chi connectivity index (χ4n) is 4.49. The van der Waals surface area contributed by atoms with Gasteiger partial charge >= 0.3 is 0 Å². The summed E-state index contributed by atoms with van der Waals surface area (Å²) in [5.41, 5.74) is 0.616. The summed E-state index contributed by atoms with van der Waals surface area (Å²) in [6.07, 6.45) is 11.3. The van der Waals surface area contributed by atoms with E-state index in [1.165, 1.54) is 77.5 Å². The van der Waals surface area contributed by atoms with Crippen LogP contribution in [0.4, 0.5) is 0 Å². The zero-order chi connectivity index (χ0) is 14.5. The van der Waals surface area contributed by atoms with Gasteiger partial charge in [0.25, 0.3) is 0 Å². The fraction of sp³-hybridized carbons (Fsp3) is 0.941. The standard InChI is InChI=1S/C17H32N4/c1-18-16(19-10-14-20-11-5-6-12-20)21-13-9-17(15-21)7-3-2-4-8-17/h2-15H2,1H3,(H,18,19). The first-order valence-corrected chi connectivity index (χ1v) is 8.99. The molecule has 1 aliphatic carbocycles. The van der Waals surface area contributed by atoms with E-state index >= 15 is 0 Å². The number of aliphatic imine (C=N–C) groups is 1. The summed E-state index contributed by atoms with van der Waals surface area (Å²) in [5.74, 6) is 1.14. The number of hydrogen-bond donors (Lipinski definition) is 1. The van der Waals surface area contributed by atoms with Crippen LogP contribution in [0.1, 0.15) is 51.4 Å². The van der Waals surface area contributed by atoms with Gasteiger partial charge in [-0.3, -0.25) is 4.99 Å². The van der Waals surface area contributed by atoms with E-state index in [0.717, 1.165) is 19.0 Å². The number of likely N-dealkylation sites (tertiary alicyclic amines) is 2. The molecule has 1 spiro atoms. The van der Waals surface area contributed by atoms with Crippen LogP contribution in [0.25, 0.3) is 0 Å². The first-order chi connectivity index (χ1) is 10.3. The van der Waals surface area contributed by atoms with Crippen molar-refractivity contribution in [3.63, 3.8) is 0 Å². The van der Waals surface area contributed by atoms with E-state index < -0.39 is 0 Å². The highest BCUT2D eigenvalue weighted by Gasteiger charge is 2.39. The molecule has 0 amide bonds. The lowest BCUT2D eigenvalue weighted by atomic mass is 9.73. The Morgan fingerprint density at radius 3 is 2.48 bits per heavy atom. The molecule has 0 aromatic carbocycles. The number of hydrogen-bond acceptors (Lipinski definition) is 2. The Morgan fingerprint density at radius 1 is 1.00 bits per heavy atom. The molecular formula is C17H32N4. The Balaban J connectivity index is 1.45. The average Bonchev–Trinajstić information content (AvgIpc) is 3.15. The first kappa shape index (κ1) is 15.1. The summed E-state index contributed by atoms with van der Waals surface area (Å²) < 4.78 is 0. The molecule has 0 bridgehead atoms. The van der Waals surface area contributed by atoms with Crippen molar-refractivity contribution in [3.05, 3.63) is 0 Å². The molecule has 2 heterocycles. The Kier molecular flexibility index (Phi) is 5.04.